The molecule has 118 valence electrons. The molecule has 0 unspecified atom stereocenters. The van der Waals surface area contributed by atoms with Gasteiger partial charge in [-0.25, -0.2) is 9.50 Å². The number of amides is 1. The largest absolute Gasteiger partial charge is 0.339 e. The van der Waals surface area contributed by atoms with Gasteiger partial charge in [-0.3, -0.25) is 4.79 Å². The fraction of sp³-hybridized carbons (Fsp3) is 0.625. The minimum absolute atomic E-state index is 0.124. The van der Waals surface area contributed by atoms with Crippen molar-refractivity contribution in [3.8, 4) is 0 Å². The maximum atomic E-state index is 12.5. The van der Waals surface area contributed by atoms with E-state index in [1.165, 1.54) is 32.1 Å². The highest BCUT2D eigenvalue weighted by atomic mass is 16.2. The predicted molar refractivity (Wildman–Crippen MR) is 83.7 cm³/mol. The standard InChI is InChI=1S/C16H23N5O/c1-12-8-10-17-16-18-14(19-21(12)16)15(22)20(2)11-9-13-6-4-3-5-7-13/h8,10,13H,3-7,9,11H2,1-2H3. The maximum Gasteiger partial charge on any atom is 0.293 e. The summed E-state index contributed by atoms with van der Waals surface area (Å²) in [6, 6.07) is 1.85. The van der Waals surface area contributed by atoms with Crippen molar-refractivity contribution in [2.45, 2.75) is 45.4 Å². The smallest absolute Gasteiger partial charge is 0.293 e. The van der Waals surface area contributed by atoms with Gasteiger partial charge in [-0.15, -0.1) is 5.10 Å². The Labute approximate surface area is 130 Å². The summed E-state index contributed by atoms with van der Waals surface area (Å²) in [7, 11) is 1.83. The Bertz CT molecular complexity index is 660. The van der Waals surface area contributed by atoms with E-state index in [0.717, 1.165) is 24.6 Å². The number of hydrogen-bond donors (Lipinski definition) is 0. The van der Waals surface area contributed by atoms with Gasteiger partial charge in [-0.05, 0) is 25.3 Å². The number of aryl methyl sites for hydroxylation is 1. The second-order valence-corrected chi connectivity index (χ2v) is 6.25. The third-order valence-electron chi connectivity index (χ3n) is 4.57. The average molecular weight is 301 g/mol. The molecular formula is C16H23N5O. The van der Waals surface area contributed by atoms with Crippen LogP contribution < -0.4 is 0 Å². The lowest BCUT2D eigenvalue weighted by Crippen LogP contribution is -2.30. The number of aromatic nitrogens is 4. The summed E-state index contributed by atoms with van der Waals surface area (Å²) in [5.41, 5.74) is 0.918. The molecule has 1 fully saturated rings. The van der Waals surface area contributed by atoms with Crippen molar-refractivity contribution >= 4 is 11.7 Å². The molecule has 0 aromatic carbocycles. The molecule has 2 heterocycles. The van der Waals surface area contributed by atoms with Crippen molar-refractivity contribution in [1.82, 2.24) is 24.5 Å². The maximum absolute atomic E-state index is 12.5. The lowest BCUT2D eigenvalue weighted by Gasteiger charge is -2.24. The van der Waals surface area contributed by atoms with E-state index in [0.29, 0.717) is 5.78 Å². The lowest BCUT2D eigenvalue weighted by molar-refractivity contribution is 0.0772. The van der Waals surface area contributed by atoms with Gasteiger partial charge >= 0.3 is 0 Å². The molecule has 0 bridgehead atoms. The van der Waals surface area contributed by atoms with Gasteiger partial charge in [0.2, 0.25) is 5.82 Å². The summed E-state index contributed by atoms with van der Waals surface area (Å²) >= 11 is 0. The Morgan fingerprint density at radius 3 is 2.86 bits per heavy atom. The molecule has 0 radical (unpaired) electrons. The highest BCUT2D eigenvalue weighted by Gasteiger charge is 2.20. The van der Waals surface area contributed by atoms with E-state index in [1.807, 2.05) is 20.0 Å². The first kappa shape index (κ1) is 14.9. The monoisotopic (exact) mass is 301 g/mol. The first-order valence-electron chi connectivity index (χ1n) is 8.09. The van der Waals surface area contributed by atoms with Gasteiger partial charge < -0.3 is 4.90 Å². The van der Waals surface area contributed by atoms with Crippen LogP contribution in [0.2, 0.25) is 0 Å². The third-order valence-corrected chi connectivity index (χ3v) is 4.57. The zero-order chi connectivity index (χ0) is 15.5. The highest BCUT2D eigenvalue weighted by Crippen LogP contribution is 2.26. The van der Waals surface area contributed by atoms with Crippen molar-refractivity contribution in [2.24, 2.45) is 5.92 Å². The molecule has 22 heavy (non-hydrogen) atoms. The van der Waals surface area contributed by atoms with Gasteiger partial charge in [0, 0.05) is 25.5 Å². The van der Waals surface area contributed by atoms with E-state index in [4.69, 9.17) is 0 Å². The SMILES string of the molecule is Cc1ccnc2nc(C(=O)N(C)CCC3CCCCC3)nn12. The molecule has 1 amide bonds. The second-order valence-electron chi connectivity index (χ2n) is 6.25. The van der Waals surface area contributed by atoms with Crippen LogP contribution in [0.15, 0.2) is 12.3 Å². The van der Waals surface area contributed by atoms with E-state index in [2.05, 4.69) is 15.1 Å². The van der Waals surface area contributed by atoms with Crippen LogP contribution in [-0.4, -0.2) is 44.0 Å². The summed E-state index contributed by atoms with van der Waals surface area (Å²) in [6.07, 6.45) is 9.40. The van der Waals surface area contributed by atoms with Gasteiger partial charge in [0.15, 0.2) is 0 Å². The number of carbonyl (C=O) groups is 1. The van der Waals surface area contributed by atoms with Crippen LogP contribution in [-0.2, 0) is 0 Å². The lowest BCUT2D eigenvalue weighted by atomic mass is 9.87. The Morgan fingerprint density at radius 2 is 2.14 bits per heavy atom. The minimum Gasteiger partial charge on any atom is -0.339 e. The van der Waals surface area contributed by atoms with E-state index in [9.17, 15) is 4.79 Å². The fourth-order valence-corrected chi connectivity index (χ4v) is 3.12. The third kappa shape index (κ3) is 3.10. The number of nitrogens with zero attached hydrogens (tertiary/aromatic N) is 5. The predicted octanol–water partition coefficient (Wildman–Crippen LogP) is 2.48. The molecule has 2 aromatic rings. The Kier molecular flexibility index (Phi) is 4.36. The van der Waals surface area contributed by atoms with Crippen LogP contribution in [0.5, 0.6) is 0 Å². The minimum atomic E-state index is -0.124. The van der Waals surface area contributed by atoms with Gasteiger partial charge in [-0.2, -0.15) is 4.98 Å². The number of fused-ring (bicyclic) bond motifs is 1. The average Bonchev–Trinajstić information content (AvgIpc) is 2.98. The molecule has 3 rings (SSSR count). The molecule has 0 atom stereocenters. The van der Waals surface area contributed by atoms with Gasteiger partial charge in [-0.1, -0.05) is 32.1 Å². The first-order valence-corrected chi connectivity index (χ1v) is 8.09. The highest BCUT2D eigenvalue weighted by molar-refractivity contribution is 5.90. The van der Waals surface area contributed by atoms with E-state index < -0.39 is 0 Å². The van der Waals surface area contributed by atoms with Crippen molar-refractivity contribution < 1.29 is 4.79 Å². The Morgan fingerprint density at radius 1 is 1.36 bits per heavy atom. The zero-order valence-electron chi connectivity index (χ0n) is 13.3. The molecule has 1 saturated carbocycles. The van der Waals surface area contributed by atoms with Crippen LogP contribution >= 0.6 is 0 Å². The molecule has 0 N–H and O–H groups in total. The van der Waals surface area contributed by atoms with Gasteiger partial charge in [0.05, 0.1) is 0 Å². The van der Waals surface area contributed by atoms with Crippen molar-refractivity contribution in [1.29, 1.82) is 0 Å². The molecule has 6 heteroatoms. The molecule has 6 nitrogen and oxygen atoms in total. The fourth-order valence-electron chi connectivity index (χ4n) is 3.12. The van der Waals surface area contributed by atoms with Gasteiger partial charge in [0.1, 0.15) is 0 Å². The van der Waals surface area contributed by atoms with Crippen molar-refractivity contribution in [3.63, 3.8) is 0 Å². The van der Waals surface area contributed by atoms with Crippen molar-refractivity contribution in [3.05, 3.63) is 23.8 Å². The number of rotatable bonds is 4. The second kappa shape index (κ2) is 6.42. The summed E-state index contributed by atoms with van der Waals surface area (Å²) in [5.74, 6) is 1.35. The molecule has 1 aliphatic rings. The zero-order valence-corrected chi connectivity index (χ0v) is 13.3. The van der Waals surface area contributed by atoms with Gasteiger partial charge in [0.25, 0.3) is 11.7 Å². The van der Waals surface area contributed by atoms with Crippen LogP contribution in [0.3, 0.4) is 0 Å². The summed E-state index contributed by atoms with van der Waals surface area (Å²) in [6.45, 7) is 2.69. The molecule has 0 saturated heterocycles. The molecular weight excluding hydrogens is 278 g/mol. The van der Waals surface area contributed by atoms with E-state index >= 15 is 0 Å². The quantitative estimate of drug-likeness (QED) is 0.870. The molecule has 1 aliphatic carbocycles. The Hall–Kier alpha value is -1.98. The number of carbonyl (C=O) groups excluding carboxylic acids is 1. The number of hydrogen-bond acceptors (Lipinski definition) is 4. The summed E-state index contributed by atoms with van der Waals surface area (Å²) in [5, 5.41) is 4.28. The van der Waals surface area contributed by atoms with Crippen molar-refractivity contribution in [2.75, 3.05) is 13.6 Å². The summed E-state index contributed by atoms with van der Waals surface area (Å²) in [4.78, 5) is 22.6. The molecule has 0 aliphatic heterocycles. The van der Waals surface area contributed by atoms with Crippen LogP contribution in [0.4, 0.5) is 0 Å². The van der Waals surface area contributed by atoms with Crippen LogP contribution in [0, 0.1) is 12.8 Å². The summed E-state index contributed by atoms with van der Waals surface area (Å²) < 4.78 is 1.61. The molecule has 0 spiro atoms. The molecule has 2 aromatic heterocycles. The first-order chi connectivity index (χ1) is 10.6. The van der Waals surface area contributed by atoms with Crippen LogP contribution in [0.1, 0.15) is 54.8 Å². The van der Waals surface area contributed by atoms with E-state index in [1.54, 1.807) is 15.6 Å². The van der Waals surface area contributed by atoms with E-state index in [-0.39, 0.29) is 11.7 Å². The normalized spacial score (nSPS) is 16.1. The Balaban J connectivity index is 1.65. The van der Waals surface area contributed by atoms with Crippen LogP contribution in [0.25, 0.3) is 5.78 Å². The topological polar surface area (TPSA) is 63.4 Å².